The molecule has 7 heteroatoms. The molecule has 1 N–H and O–H groups in total. The van der Waals surface area contributed by atoms with Crippen LogP contribution >= 0.6 is 0 Å². The van der Waals surface area contributed by atoms with Crippen LogP contribution in [0, 0.1) is 0 Å². The van der Waals surface area contributed by atoms with Gasteiger partial charge in [0.25, 0.3) is 5.91 Å². The molecular weight excluding hydrogens is 250 g/mol. The predicted molar refractivity (Wildman–Crippen MR) is 66.3 cm³/mol. The lowest BCUT2D eigenvalue weighted by Crippen LogP contribution is -2.52. The summed E-state index contributed by atoms with van der Waals surface area (Å²) in [6.45, 7) is 5.53. The summed E-state index contributed by atoms with van der Waals surface area (Å²) in [6, 6.07) is -0.490. The third-order valence-electron chi connectivity index (χ3n) is 3.90. The van der Waals surface area contributed by atoms with E-state index in [0.29, 0.717) is 32.7 Å². The first-order chi connectivity index (χ1) is 8.99. The minimum atomic E-state index is -0.932. The molecule has 19 heavy (non-hydrogen) atoms. The van der Waals surface area contributed by atoms with E-state index in [1.807, 2.05) is 6.92 Å². The fraction of sp³-hybridized carbons (Fsp3) is 0.750. The quantitative estimate of drug-likeness (QED) is 0.705. The van der Waals surface area contributed by atoms with Gasteiger partial charge in [0.2, 0.25) is 5.91 Å². The Morgan fingerprint density at radius 1 is 1.37 bits per heavy atom. The van der Waals surface area contributed by atoms with Crippen LogP contribution in [0.4, 0.5) is 4.79 Å². The SMILES string of the molecule is CCC1(C)C(=O)NC(=O)N1CC(=O)N1CCOCC1. The maximum Gasteiger partial charge on any atom is 0.325 e. The van der Waals surface area contributed by atoms with Crippen molar-refractivity contribution in [3.8, 4) is 0 Å². The van der Waals surface area contributed by atoms with Crippen molar-refractivity contribution >= 4 is 17.8 Å². The summed E-state index contributed by atoms with van der Waals surface area (Å²) in [5.74, 6) is -0.484. The van der Waals surface area contributed by atoms with Crippen LogP contribution in [0.25, 0.3) is 0 Å². The van der Waals surface area contributed by atoms with Crippen molar-refractivity contribution in [1.29, 1.82) is 0 Å². The number of carbonyl (C=O) groups excluding carboxylic acids is 3. The molecule has 0 radical (unpaired) electrons. The summed E-state index contributed by atoms with van der Waals surface area (Å²) in [7, 11) is 0. The molecule has 2 aliphatic heterocycles. The number of hydrogen-bond donors (Lipinski definition) is 1. The molecule has 0 spiro atoms. The first kappa shape index (κ1) is 13.8. The van der Waals surface area contributed by atoms with Gasteiger partial charge in [0.05, 0.1) is 13.2 Å². The Morgan fingerprint density at radius 2 is 2.00 bits per heavy atom. The molecular formula is C12H19N3O4. The van der Waals surface area contributed by atoms with E-state index in [1.165, 1.54) is 4.90 Å². The van der Waals surface area contributed by atoms with Crippen LogP contribution in [-0.4, -0.2) is 66.0 Å². The van der Waals surface area contributed by atoms with Crippen molar-refractivity contribution in [2.24, 2.45) is 0 Å². The Bertz CT molecular complexity index is 406. The first-order valence-electron chi connectivity index (χ1n) is 6.47. The number of ether oxygens (including phenoxy) is 1. The highest BCUT2D eigenvalue weighted by Crippen LogP contribution is 2.25. The lowest BCUT2D eigenvalue weighted by molar-refractivity contribution is -0.137. The molecule has 0 aliphatic carbocycles. The number of morpholine rings is 1. The minimum absolute atomic E-state index is 0.0675. The summed E-state index contributed by atoms with van der Waals surface area (Å²) in [6.07, 6.45) is 0.473. The average molecular weight is 269 g/mol. The summed E-state index contributed by atoms with van der Waals surface area (Å²) in [5.41, 5.74) is -0.932. The smallest absolute Gasteiger partial charge is 0.325 e. The largest absolute Gasteiger partial charge is 0.378 e. The molecule has 1 atom stereocenters. The number of nitrogens with zero attached hydrogens (tertiary/aromatic N) is 2. The Hall–Kier alpha value is -1.63. The summed E-state index contributed by atoms with van der Waals surface area (Å²) < 4.78 is 5.18. The van der Waals surface area contributed by atoms with Gasteiger partial charge in [-0.15, -0.1) is 0 Å². The average Bonchev–Trinajstić information content (AvgIpc) is 2.64. The van der Waals surface area contributed by atoms with Crippen LogP contribution in [0.5, 0.6) is 0 Å². The van der Waals surface area contributed by atoms with E-state index >= 15 is 0 Å². The molecule has 2 heterocycles. The Morgan fingerprint density at radius 3 is 2.58 bits per heavy atom. The minimum Gasteiger partial charge on any atom is -0.378 e. The maximum atomic E-state index is 12.1. The topological polar surface area (TPSA) is 79.0 Å². The number of urea groups is 1. The summed E-state index contributed by atoms with van der Waals surface area (Å²) in [5, 5.41) is 2.27. The molecule has 0 aromatic heterocycles. The zero-order chi connectivity index (χ0) is 14.0. The Labute approximate surface area is 111 Å². The summed E-state index contributed by atoms with van der Waals surface area (Å²) in [4.78, 5) is 38.7. The van der Waals surface area contributed by atoms with E-state index < -0.39 is 11.6 Å². The second-order valence-corrected chi connectivity index (χ2v) is 4.97. The van der Waals surface area contributed by atoms with Crippen molar-refractivity contribution in [2.45, 2.75) is 25.8 Å². The van der Waals surface area contributed by atoms with Crippen LogP contribution in [0.3, 0.4) is 0 Å². The van der Waals surface area contributed by atoms with E-state index in [1.54, 1.807) is 11.8 Å². The van der Waals surface area contributed by atoms with E-state index in [4.69, 9.17) is 4.74 Å². The lowest BCUT2D eigenvalue weighted by atomic mass is 9.97. The third kappa shape index (κ3) is 2.42. The fourth-order valence-electron chi connectivity index (χ4n) is 2.29. The van der Waals surface area contributed by atoms with Gasteiger partial charge in [-0.1, -0.05) is 6.92 Å². The number of hydrogen-bond acceptors (Lipinski definition) is 4. The molecule has 106 valence electrons. The Kier molecular flexibility index (Phi) is 3.75. The second-order valence-electron chi connectivity index (χ2n) is 4.97. The van der Waals surface area contributed by atoms with Crippen LogP contribution < -0.4 is 5.32 Å². The number of imide groups is 1. The molecule has 2 rings (SSSR count). The van der Waals surface area contributed by atoms with Gasteiger partial charge in [0.15, 0.2) is 0 Å². The molecule has 2 saturated heterocycles. The highest BCUT2D eigenvalue weighted by molar-refractivity contribution is 6.07. The van der Waals surface area contributed by atoms with Crippen LogP contribution in [0.15, 0.2) is 0 Å². The zero-order valence-corrected chi connectivity index (χ0v) is 11.3. The van der Waals surface area contributed by atoms with Crippen molar-refractivity contribution in [1.82, 2.24) is 15.1 Å². The van der Waals surface area contributed by atoms with Gasteiger partial charge in [0.1, 0.15) is 12.1 Å². The first-order valence-corrected chi connectivity index (χ1v) is 6.47. The molecule has 7 nitrogen and oxygen atoms in total. The van der Waals surface area contributed by atoms with E-state index in [-0.39, 0.29) is 18.4 Å². The molecule has 2 fully saturated rings. The van der Waals surface area contributed by atoms with Crippen molar-refractivity contribution in [3.05, 3.63) is 0 Å². The lowest BCUT2D eigenvalue weighted by Gasteiger charge is -2.33. The van der Waals surface area contributed by atoms with E-state index in [9.17, 15) is 14.4 Å². The molecule has 2 aliphatic rings. The predicted octanol–water partition coefficient (Wildman–Crippen LogP) is -0.434. The third-order valence-corrected chi connectivity index (χ3v) is 3.90. The second kappa shape index (κ2) is 5.16. The van der Waals surface area contributed by atoms with Crippen molar-refractivity contribution < 1.29 is 19.1 Å². The van der Waals surface area contributed by atoms with Crippen molar-refractivity contribution in [3.63, 3.8) is 0 Å². The van der Waals surface area contributed by atoms with Gasteiger partial charge in [0, 0.05) is 13.1 Å². The van der Waals surface area contributed by atoms with Crippen molar-refractivity contribution in [2.75, 3.05) is 32.8 Å². The maximum absolute atomic E-state index is 12.1. The van der Waals surface area contributed by atoms with Gasteiger partial charge in [-0.05, 0) is 13.3 Å². The monoisotopic (exact) mass is 269 g/mol. The fourth-order valence-corrected chi connectivity index (χ4v) is 2.29. The highest BCUT2D eigenvalue weighted by Gasteiger charge is 2.48. The molecule has 0 bridgehead atoms. The highest BCUT2D eigenvalue weighted by atomic mass is 16.5. The van der Waals surface area contributed by atoms with Crippen LogP contribution in [0.1, 0.15) is 20.3 Å². The standard InChI is InChI=1S/C12H19N3O4/c1-3-12(2)10(17)13-11(18)15(12)8-9(16)14-4-6-19-7-5-14/h3-8H2,1-2H3,(H,13,17,18). The number of carbonyl (C=O) groups is 3. The molecule has 4 amide bonds. The number of amides is 4. The molecule has 0 aromatic rings. The Balaban J connectivity index is 2.06. The number of rotatable bonds is 3. The van der Waals surface area contributed by atoms with Gasteiger partial charge >= 0.3 is 6.03 Å². The normalized spacial score (nSPS) is 27.7. The van der Waals surface area contributed by atoms with Gasteiger partial charge in [-0.25, -0.2) is 4.79 Å². The molecule has 0 aromatic carbocycles. The van der Waals surface area contributed by atoms with Crippen LogP contribution in [-0.2, 0) is 14.3 Å². The van der Waals surface area contributed by atoms with Gasteiger partial charge in [-0.2, -0.15) is 0 Å². The molecule has 1 unspecified atom stereocenters. The van der Waals surface area contributed by atoms with Crippen LogP contribution in [0.2, 0.25) is 0 Å². The number of nitrogens with one attached hydrogen (secondary N) is 1. The summed E-state index contributed by atoms with van der Waals surface area (Å²) >= 11 is 0. The van der Waals surface area contributed by atoms with E-state index in [2.05, 4.69) is 5.32 Å². The van der Waals surface area contributed by atoms with Gasteiger partial charge in [-0.3, -0.25) is 14.9 Å². The van der Waals surface area contributed by atoms with Gasteiger partial charge < -0.3 is 14.5 Å². The zero-order valence-electron chi connectivity index (χ0n) is 11.3. The van der Waals surface area contributed by atoms with E-state index in [0.717, 1.165) is 0 Å². The molecule has 0 saturated carbocycles.